The van der Waals surface area contributed by atoms with Crippen molar-refractivity contribution in [2.24, 2.45) is 5.73 Å². The van der Waals surface area contributed by atoms with E-state index < -0.39 is 10.0 Å². The highest BCUT2D eigenvalue weighted by Crippen LogP contribution is 2.17. The summed E-state index contributed by atoms with van der Waals surface area (Å²) < 4.78 is 30.9. The van der Waals surface area contributed by atoms with Gasteiger partial charge in [0, 0.05) is 13.7 Å². The average molecular weight is 366 g/mol. The third kappa shape index (κ3) is 6.44. The molecule has 1 aromatic rings. The van der Waals surface area contributed by atoms with Gasteiger partial charge in [-0.15, -0.1) is 12.4 Å². The number of nitrogens with one attached hydrogen (secondary N) is 2. The minimum absolute atomic E-state index is 0. The van der Waals surface area contributed by atoms with Crippen molar-refractivity contribution in [3.05, 3.63) is 29.8 Å². The van der Waals surface area contributed by atoms with Gasteiger partial charge in [0.25, 0.3) is 0 Å². The summed E-state index contributed by atoms with van der Waals surface area (Å²) in [5.41, 5.74) is 6.18. The fourth-order valence-corrected chi connectivity index (χ4v) is 2.71. The van der Waals surface area contributed by atoms with E-state index in [0.29, 0.717) is 5.56 Å². The van der Waals surface area contributed by atoms with Crippen LogP contribution in [0.5, 0.6) is 0 Å². The van der Waals surface area contributed by atoms with Crippen LogP contribution in [0.15, 0.2) is 29.2 Å². The van der Waals surface area contributed by atoms with Crippen molar-refractivity contribution in [1.29, 1.82) is 0 Å². The molecule has 0 aliphatic heterocycles. The molecule has 1 aromatic carbocycles. The van der Waals surface area contributed by atoms with E-state index in [1.165, 1.54) is 26.3 Å². The number of amides is 1. The van der Waals surface area contributed by atoms with Gasteiger partial charge in [-0.05, 0) is 31.7 Å². The normalized spacial score (nSPS) is 13.7. The number of carbonyl (C=O) groups excluding carboxylic acids is 1. The molecule has 0 aromatic heterocycles. The fraction of sp³-hybridized carbons (Fsp3) is 0.500. The molecular formula is C14H24ClN3O4S. The number of hydrogen-bond donors (Lipinski definition) is 3. The maximum atomic E-state index is 11.9. The van der Waals surface area contributed by atoms with Crippen LogP contribution in [0, 0.1) is 0 Å². The third-order valence-electron chi connectivity index (χ3n) is 3.32. The lowest BCUT2D eigenvalue weighted by atomic mass is 10.1. The SMILES string of the molecule is CNS(=O)(=O)c1cccc(C(C)NC(=O)CC(CN)OC)c1.Cl. The van der Waals surface area contributed by atoms with E-state index in [2.05, 4.69) is 10.0 Å². The van der Waals surface area contributed by atoms with E-state index in [1.54, 1.807) is 19.1 Å². The summed E-state index contributed by atoms with van der Waals surface area (Å²) in [6.07, 6.45) is -0.172. The highest BCUT2D eigenvalue weighted by molar-refractivity contribution is 7.89. The molecule has 1 rings (SSSR count). The van der Waals surface area contributed by atoms with Crippen LogP contribution in [0.4, 0.5) is 0 Å². The first-order chi connectivity index (χ1) is 10.3. The largest absolute Gasteiger partial charge is 0.380 e. The molecule has 0 heterocycles. The Balaban J connectivity index is 0.00000484. The third-order valence-corrected chi connectivity index (χ3v) is 4.74. The van der Waals surface area contributed by atoms with Gasteiger partial charge in [-0.1, -0.05) is 12.1 Å². The topological polar surface area (TPSA) is 111 Å². The van der Waals surface area contributed by atoms with Crippen molar-refractivity contribution >= 4 is 28.3 Å². The van der Waals surface area contributed by atoms with E-state index in [-0.39, 0.29) is 48.3 Å². The molecule has 2 unspecified atom stereocenters. The predicted molar refractivity (Wildman–Crippen MR) is 91.0 cm³/mol. The number of hydrogen-bond acceptors (Lipinski definition) is 5. The van der Waals surface area contributed by atoms with Gasteiger partial charge >= 0.3 is 0 Å². The van der Waals surface area contributed by atoms with Crippen LogP contribution >= 0.6 is 12.4 Å². The number of rotatable bonds is 8. The lowest BCUT2D eigenvalue weighted by Gasteiger charge is -2.18. The van der Waals surface area contributed by atoms with Crippen LogP contribution in [-0.4, -0.2) is 41.1 Å². The Morgan fingerprint density at radius 1 is 1.39 bits per heavy atom. The van der Waals surface area contributed by atoms with E-state index >= 15 is 0 Å². The molecule has 23 heavy (non-hydrogen) atoms. The summed E-state index contributed by atoms with van der Waals surface area (Å²) in [4.78, 5) is 12.1. The fourth-order valence-electron chi connectivity index (χ4n) is 1.92. The molecule has 1 amide bonds. The zero-order valence-corrected chi connectivity index (χ0v) is 15.0. The van der Waals surface area contributed by atoms with Crippen LogP contribution in [-0.2, 0) is 19.6 Å². The molecular weight excluding hydrogens is 342 g/mol. The van der Waals surface area contributed by atoms with Gasteiger partial charge in [0.2, 0.25) is 15.9 Å². The molecule has 0 radical (unpaired) electrons. The van der Waals surface area contributed by atoms with Crippen molar-refractivity contribution in [2.45, 2.75) is 30.4 Å². The molecule has 0 aliphatic carbocycles. The summed E-state index contributed by atoms with van der Waals surface area (Å²) in [5, 5.41) is 2.80. The van der Waals surface area contributed by atoms with Crippen LogP contribution in [0.1, 0.15) is 24.9 Å². The average Bonchev–Trinajstić information content (AvgIpc) is 2.52. The Morgan fingerprint density at radius 2 is 2.04 bits per heavy atom. The molecule has 0 spiro atoms. The molecule has 0 aliphatic rings. The van der Waals surface area contributed by atoms with Crippen molar-refractivity contribution in [3.63, 3.8) is 0 Å². The van der Waals surface area contributed by atoms with Gasteiger partial charge in [-0.3, -0.25) is 4.79 Å². The number of sulfonamides is 1. The number of carbonyl (C=O) groups is 1. The van der Waals surface area contributed by atoms with Gasteiger partial charge in [0.15, 0.2) is 0 Å². The summed E-state index contributed by atoms with van der Waals surface area (Å²) >= 11 is 0. The first-order valence-electron chi connectivity index (χ1n) is 6.89. The van der Waals surface area contributed by atoms with Crippen molar-refractivity contribution in [1.82, 2.24) is 10.0 Å². The lowest BCUT2D eigenvalue weighted by Crippen LogP contribution is -2.33. The molecule has 0 fully saturated rings. The highest BCUT2D eigenvalue weighted by atomic mass is 35.5. The van der Waals surface area contributed by atoms with Crippen LogP contribution < -0.4 is 15.8 Å². The van der Waals surface area contributed by atoms with E-state index in [4.69, 9.17) is 10.5 Å². The molecule has 2 atom stereocenters. The Labute approximate surface area is 143 Å². The van der Waals surface area contributed by atoms with Gasteiger partial charge in [-0.2, -0.15) is 0 Å². The van der Waals surface area contributed by atoms with Gasteiger partial charge in [-0.25, -0.2) is 13.1 Å². The molecule has 7 nitrogen and oxygen atoms in total. The van der Waals surface area contributed by atoms with Gasteiger partial charge < -0.3 is 15.8 Å². The Hall–Kier alpha value is -1.19. The Bertz CT molecular complexity index is 606. The monoisotopic (exact) mass is 365 g/mol. The Morgan fingerprint density at radius 3 is 2.57 bits per heavy atom. The summed E-state index contributed by atoms with van der Waals surface area (Å²) in [6, 6.07) is 6.11. The molecule has 132 valence electrons. The standard InChI is InChI=1S/C14H23N3O4S.ClH/c1-10(17-14(18)8-12(9-15)21-3)11-5-4-6-13(7-11)22(19,20)16-2;/h4-7,10,12,16H,8-9,15H2,1-3H3,(H,17,18);1H. The minimum Gasteiger partial charge on any atom is -0.380 e. The minimum atomic E-state index is -3.51. The lowest BCUT2D eigenvalue weighted by molar-refractivity contribution is -0.124. The molecule has 0 saturated carbocycles. The zero-order chi connectivity index (χ0) is 16.8. The van der Waals surface area contributed by atoms with Crippen LogP contribution in [0.25, 0.3) is 0 Å². The van der Waals surface area contributed by atoms with Crippen LogP contribution in [0.3, 0.4) is 0 Å². The summed E-state index contributed by atoms with van der Waals surface area (Å²) in [5.74, 6) is -0.202. The smallest absolute Gasteiger partial charge is 0.240 e. The molecule has 9 heteroatoms. The van der Waals surface area contributed by atoms with E-state index in [9.17, 15) is 13.2 Å². The Kier molecular flexibility index (Phi) is 9.33. The number of halogens is 1. The summed E-state index contributed by atoms with van der Waals surface area (Å²) in [6.45, 7) is 2.04. The van der Waals surface area contributed by atoms with E-state index in [1.807, 2.05) is 0 Å². The van der Waals surface area contributed by atoms with Crippen LogP contribution in [0.2, 0.25) is 0 Å². The first kappa shape index (κ1) is 21.8. The first-order valence-corrected chi connectivity index (χ1v) is 8.38. The van der Waals surface area contributed by atoms with Gasteiger partial charge in [0.1, 0.15) is 0 Å². The second-order valence-electron chi connectivity index (χ2n) is 4.87. The molecule has 4 N–H and O–H groups in total. The number of benzene rings is 1. The van der Waals surface area contributed by atoms with Crippen molar-refractivity contribution in [3.8, 4) is 0 Å². The zero-order valence-electron chi connectivity index (χ0n) is 13.4. The maximum Gasteiger partial charge on any atom is 0.240 e. The summed E-state index contributed by atoms with van der Waals surface area (Å²) in [7, 11) is -0.656. The number of ether oxygens (including phenoxy) is 1. The van der Waals surface area contributed by atoms with E-state index in [0.717, 1.165) is 0 Å². The molecule has 0 bridgehead atoms. The second-order valence-corrected chi connectivity index (χ2v) is 6.75. The molecule has 0 saturated heterocycles. The number of methoxy groups -OCH3 is 1. The van der Waals surface area contributed by atoms with Crippen molar-refractivity contribution in [2.75, 3.05) is 20.7 Å². The number of nitrogens with two attached hydrogens (primary N) is 1. The van der Waals surface area contributed by atoms with Gasteiger partial charge in [0.05, 0.1) is 23.5 Å². The quantitative estimate of drug-likeness (QED) is 0.623. The predicted octanol–water partition coefficient (Wildman–Crippen LogP) is 0.558. The highest BCUT2D eigenvalue weighted by Gasteiger charge is 2.17. The maximum absolute atomic E-state index is 11.9. The van der Waals surface area contributed by atoms with Crippen molar-refractivity contribution < 1.29 is 17.9 Å². The second kappa shape index (κ2) is 9.84.